The average Bonchev–Trinajstić information content (AvgIpc) is 2.38. The molecule has 2 nitrogen and oxygen atoms in total. The number of hydrogen-bond acceptors (Lipinski definition) is 2. The largest absolute Gasteiger partial charge is 0.383 e. The summed E-state index contributed by atoms with van der Waals surface area (Å²) >= 11 is 0. The average molecular weight is 286 g/mol. The van der Waals surface area contributed by atoms with Crippen molar-refractivity contribution in [3.63, 3.8) is 0 Å². The summed E-state index contributed by atoms with van der Waals surface area (Å²) in [6.45, 7) is 12.3. The number of unbranched alkanes of at least 4 members (excludes halogenated alkanes) is 6. The van der Waals surface area contributed by atoms with Crippen molar-refractivity contribution in [1.82, 2.24) is 5.32 Å². The van der Waals surface area contributed by atoms with Gasteiger partial charge >= 0.3 is 0 Å². The Morgan fingerprint density at radius 2 is 1.55 bits per heavy atom. The lowest BCUT2D eigenvalue weighted by molar-refractivity contribution is 0.181. The van der Waals surface area contributed by atoms with Crippen LogP contribution in [0, 0.1) is 11.3 Å². The van der Waals surface area contributed by atoms with E-state index in [9.17, 15) is 0 Å². The van der Waals surface area contributed by atoms with Crippen LogP contribution in [-0.4, -0.2) is 26.8 Å². The van der Waals surface area contributed by atoms with E-state index in [4.69, 9.17) is 4.74 Å². The molecule has 1 atom stereocenters. The summed E-state index contributed by atoms with van der Waals surface area (Å²) in [7, 11) is 1.77. The van der Waals surface area contributed by atoms with Crippen molar-refractivity contribution in [2.24, 2.45) is 11.3 Å². The number of nitrogens with one attached hydrogen (secondary N) is 1. The fraction of sp³-hybridized carbons (Fsp3) is 1.00. The molecule has 0 saturated heterocycles. The molecule has 1 unspecified atom stereocenters. The second-order valence-corrected chi connectivity index (χ2v) is 7.17. The maximum atomic E-state index is 5.09. The molecule has 0 amide bonds. The van der Waals surface area contributed by atoms with E-state index in [-0.39, 0.29) is 0 Å². The van der Waals surface area contributed by atoms with Crippen molar-refractivity contribution >= 4 is 0 Å². The molecule has 1 N–H and O–H groups in total. The van der Waals surface area contributed by atoms with E-state index < -0.39 is 0 Å². The van der Waals surface area contributed by atoms with Crippen LogP contribution in [-0.2, 0) is 4.74 Å². The minimum absolute atomic E-state index is 0.405. The number of methoxy groups -OCH3 is 1. The predicted octanol–water partition coefficient (Wildman–Crippen LogP) is 5.03. The Morgan fingerprint density at radius 3 is 2.10 bits per heavy atom. The summed E-state index contributed by atoms with van der Waals surface area (Å²) in [5.74, 6) is 0.773. The maximum Gasteiger partial charge on any atom is 0.0587 e. The minimum Gasteiger partial charge on any atom is -0.383 e. The maximum absolute atomic E-state index is 5.09. The summed E-state index contributed by atoms with van der Waals surface area (Å²) in [5, 5.41) is 3.54. The Morgan fingerprint density at radius 1 is 0.950 bits per heavy atom. The smallest absolute Gasteiger partial charge is 0.0587 e. The van der Waals surface area contributed by atoms with Gasteiger partial charge in [0.2, 0.25) is 0 Å². The second kappa shape index (κ2) is 12.6. The molecule has 20 heavy (non-hydrogen) atoms. The molecule has 0 heterocycles. The Hall–Kier alpha value is -0.0800. The van der Waals surface area contributed by atoms with Crippen LogP contribution in [0.2, 0.25) is 0 Å². The topological polar surface area (TPSA) is 21.3 Å². The predicted molar refractivity (Wildman–Crippen MR) is 90.3 cm³/mol. The normalized spacial score (nSPS) is 13.7. The first-order valence-electron chi connectivity index (χ1n) is 8.72. The van der Waals surface area contributed by atoms with E-state index in [0.717, 1.165) is 25.6 Å². The van der Waals surface area contributed by atoms with Gasteiger partial charge in [0.1, 0.15) is 0 Å². The summed E-state index contributed by atoms with van der Waals surface area (Å²) < 4.78 is 5.09. The van der Waals surface area contributed by atoms with Crippen LogP contribution < -0.4 is 5.32 Å². The van der Waals surface area contributed by atoms with Gasteiger partial charge in [-0.25, -0.2) is 0 Å². The minimum atomic E-state index is 0.405. The molecule has 0 radical (unpaired) electrons. The molecular formula is C18H39NO. The van der Waals surface area contributed by atoms with Gasteiger partial charge in [-0.1, -0.05) is 72.6 Å². The molecule has 0 spiro atoms. The highest BCUT2D eigenvalue weighted by atomic mass is 16.5. The zero-order valence-electron chi connectivity index (χ0n) is 14.8. The van der Waals surface area contributed by atoms with Gasteiger partial charge in [-0.05, 0) is 24.3 Å². The summed E-state index contributed by atoms with van der Waals surface area (Å²) in [4.78, 5) is 0. The molecular weight excluding hydrogens is 246 g/mol. The van der Waals surface area contributed by atoms with Crippen molar-refractivity contribution in [3.8, 4) is 0 Å². The lowest BCUT2D eigenvalue weighted by Crippen LogP contribution is -2.33. The fourth-order valence-electron chi connectivity index (χ4n) is 2.64. The molecule has 0 rings (SSSR count). The molecule has 0 saturated carbocycles. The molecule has 2 heteroatoms. The highest BCUT2D eigenvalue weighted by Gasteiger charge is 2.23. The number of rotatable bonds is 13. The Balaban J connectivity index is 3.71. The van der Waals surface area contributed by atoms with Gasteiger partial charge < -0.3 is 10.1 Å². The molecule has 0 aliphatic carbocycles. The fourth-order valence-corrected chi connectivity index (χ4v) is 2.64. The number of ether oxygens (including phenoxy) is 1. The molecule has 0 aromatic heterocycles. The van der Waals surface area contributed by atoms with E-state index in [1.54, 1.807) is 7.11 Å². The Kier molecular flexibility index (Phi) is 12.6. The first-order valence-corrected chi connectivity index (χ1v) is 8.72. The van der Waals surface area contributed by atoms with Crippen LogP contribution in [0.3, 0.4) is 0 Å². The van der Waals surface area contributed by atoms with Crippen molar-refractivity contribution in [2.45, 2.75) is 79.1 Å². The number of hydrogen-bond donors (Lipinski definition) is 1. The lowest BCUT2D eigenvalue weighted by Gasteiger charge is -2.31. The first-order chi connectivity index (χ1) is 9.52. The van der Waals surface area contributed by atoms with E-state index in [2.05, 4.69) is 33.0 Å². The third-order valence-corrected chi connectivity index (χ3v) is 4.25. The zero-order valence-corrected chi connectivity index (χ0v) is 14.8. The molecule has 0 fully saturated rings. The monoisotopic (exact) mass is 285 g/mol. The molecule has 122 valence electrons. The van der Waals surface area contributed by atoms with Crippen LogP contribution in [0.25, 0.3) is 0 Å². The summed E-state index contributed by atoms with van der Waals surface area (Å²) in [6.07, 6.45) is 11.2. The first kappa shape index (κ1) is 19.9. The molecule has 0 aliphatic rings. The van der Waals surface area contributed by atoms with Crippen LogP contribution in [0.1, 0.15) is 79.1 Å². The van der Waals surface area contributed by atoms with Gasteiger partial charge in [-0.15, -0.1) is 0 Å². The van der Waals surface area contributed by atoms with E-state index in [0.29, 0.717) is 5.41 Å². The SMILES string of the molecule is CCCCCCCCCC(CNCCOC)C(C)(C)C. The summed E-state index contributed by atoms with van der Waals surface area (Å²) in [5.41, 5.74) is 0.405. The van der Waals surface area contributed by atoms with E-state index >= 15 is 0 Å². The van der Waals surface area contributed by atoms with Crippen molar-refractivity contribution in [2.75, 3.05) is 26.8 Å². The van der Waals surface area contributed by atoms with Crippen molar-refractivity contribution in [3.05, 3.63) is 0 Å². The third kappa shape index (κ3) is 11.7. The van der Waals surface area contributed by atoms with Gasteiger partial charge in [-0.3, -0.25) is 0 Å². The standard InChI is InChI=1S/C18H39NO/c1-6-7-8-9-10-11-12-13-17(18(2,3)4)16-19-14-15-20-5/h17,19H,6-16H2,1-5H3. The van der Waals surface area contributed by atoms with Crippen LogP contribution in [0.15, 0.2) is 0 Å². The Labute approximate surface area is 128 Å². The highest BCUT2D eigenvalue weighted by Crippen LogP contribution is 2.30. The van der Waals surface area contributed by atoms with Gasteiger partial charge in [0, 0.05) is 13.7 Å². The third-order valence-electron chi connectivity index (χ3n) is 4.25. The van der Waals surface area contributed by atoms with Crippen LogP contribution >= 0.6 is 0 Å². The van der Waals surface area contributed by atoms with Gasteiger partial charge in [0.15, 0.2) is 0 Å². The van der Waals surface area contributed by atoms with Crippen LogP contribution in [0.5, 0.6) is 0 Å². The van der Waals surface area contributed by atoms with E-state index in [1.165, 1.54) is 51.4 Å². The molecule has 0 aromatic carbocycles. The zero-order chi connectivity index (χ0) is 15.3. The van der Waals surface area contributed by atoms with Crippen molar-refractivity contribution in [1.29, 1.82) is 0 Å². The highest BCUT2D eigenvalue weighted by molar-refractivity contribution is 4.76. The van der Waals surface area contributed by atoms with Gasteiger partial charge in [0.05, 0.1) is 6.61 Å². The van der Waals surface area contributed by atoms with Gasteiger partial charge in [-0.2, -0.15) is 0 Å². The quantitative estimate of drug-likeness (QED) is 0.479. The molecule has 0 aromatic rings. The lowest BCUT2D eigenvalue weighted by atomic mass is 9.77. The van der Waals surface area contributed by atoms with Crippen LogP contribution in [0.4, 0.5) is 0 Å². The van der Waals surface area contributed by atoms with Crippen molar-refractivity contribution < 1.29 is 4.74 Å². The van der Waals surface area contributed by atoms with E-state index in [1.807, 2.05) is 0 Å². The molecule has 0 bridgehead atoms. The van der Waals surface area contributed by atoms with Gasteiger partial charge in [0.25, 0.3) is 0 Å². The second-order valence-electron chi connectivity index (χ2n) is 7.17. The molecule has 0 aliphatic heterocycles. The Bertz CT molecular complexity index is 198. The summed E-state index contributed by atoms with van der Waals surface area (Å²) in [6, 6.07) is 0.